The largest absolute Gasteiger partial charge is 0.346 e. The van der Waals surface area contributed by atoms with E-state index in [-0.39, 0.29) is 11.8 Å². The third-order valence-corrected chi connectivity index (χ3v) is 4.83. The molecule has 0 atom stereocenters. The Kier molecular flexibility index (Phi) is 6.11. The fourth-order valence-corrected chi connectivity index (χ4v) is 3.09. The van der Waals surface area contributed by atoms with E-state index < -0.39 is 0 Å². The van der Waals surface area contributed by atoms with Gasteiger partial charge in [-0.15, -0.1) is 0 Å². The quantitative estimate of drug-likeness (QED) is 0.687. The van der Waals surface area contributed by atoms with E-state index >= 15 is 0 Å². The van der Waals surface area contributed by atoms with Crippen molar-refractivity contribution >= 4 is 34.1 Å². The van der Waals surface area contributed by atoms with Gasteiger partial charge in [-0.1, -0.05) is 18.2 Å². The number of hydrogen-bond acceptors (Lipinski definition) is 3. The van der Waals surface area contributed by atoms with Gasteiger partial charge in [-0.25, -0.2) is 0 Å². The van der Waals surface area contributed by atoms with Crippen molar-refractivity contribution < 1.29 is 9.59 Å². The molecule has 146 valence electrons. The van der Waals surface area contributed by atoms with E-state index in [0.29, 0.717) is 6.54 Å². The number of hydrogen-bond donors (Lipinski definition) is 1. The van der Waals surface area contributed by atoms with Crippen LogP contribution in [-0.2, 0) is 16.1 Å². The zero-order valence-corrected chi connectivity index (χ0v) is 16.6. The number of fused-ring (bicyclic) bond motifs is 1. The lowest BCUT2D eigenvalue weighted by Gasteiger charge is -2.18. The summed E-state index contributed by atoms with van der Waals surface area (Å²) in [4.78, 5) is 27.3. The van der Waals surface area contributed by atoms with Gasteiger partial charge in [0.05, 0.1) is 6.54 Å². The van der Waals surface area contributed by atoms with Crippen LogP contribution in [0.1, 0.15) is 6.92 Å². The van der Waals surface area contributed by atoms with Crippen LogP contribution in [-0.4, -0.2) is 48.5 Å². The van der Waals surface area contributed by atoms with Crippen LogP contribution in [0.2, 0.25) is 0 Å². The summed E-state index contributed by atoms with van der Waals surface area (Å²) in [6.45, 7) is 3.42. The van der Waals surface area contributed by atoms with Gasteiger partial charge in [0, 0.05) is 50.1 Å². The van der Waals surface area contributed by atoms with E-state index in [0.717, 1.165) is 24.5 Å². The highest BCUT2D eigenvalue weighted by molar-refractivity contribution is 5.93. The van der Waals surface area contributed by atoms with Crippen LogP contribution in [0.3, 0.4) is 0 Å². The molecule has 3 rings (SSSR count). The third kappa shape index (κ3) is 4.78. The number of aromatic nitrogens is 1. The zero-order chi connectivity index (χ0) is 20.1. The minimum Gasteiger partial charge on any atom is -0.346 e. The number of likely N-dealkylation sites (N-methyl/N-ethyl adjacent to an activating group) is 1. The maximum Gasteiger partial charge on any atom is 0.238 e. The number of nitrogens with zero attached hydrogens (tertiary/aromatic N) is 3. The molecule has 6 heteroatoms. The van der Waals surface area contributed by atoms with Crippen molar-refractivity contribution in [2.75, 3.05) is 37.4 Å². The molecule has 3 aromatic rings. The van der Waals surface area contributed by atoms with Gasteiger partial charge in [0.25, 0.3) is 0 Å². The summed E-state index contributed by atoms with van der Waals surface area (Å²) in [7, 11) is 3.66. The van der Waals surface area contributed by atoms with Crippen molar-refractivity contribution in [2.24, 2.45) is 0 Å². The number of nitrogens with one attached hydrogen (secondary N) is 1. The van der Waals surface area contributed by atoms with Crippen molar-refractivity contribution in [1.29, 1.82) is 0 Å². The molecular formula is C22H26N4O2. The molecular weight excluding hydrogens is 352 g/mol. The van der Waals surface area contributed by atoms with Crippen LogP contribution in [0.25, 0.3) is 10.9 Å². The van der Waals surface area contributed by atoms with Gasteiger partial charge in [0.15, 0.2) is 0 Å². The van der Waals surface area contributed by atoms with Gasteiger partial charge < -0.3 is 14.8 Å². The molecule has 0 bridgehead atoms. The van der Waals surface area contributed by atoms with Crippen LogP contribution in [0.4, 0.5) is 11.4 Å². The molecule has 0 aliphatic heterocycles. The SMILES string of the molecule is CC(=O)N(C)c1ccc(NC(=O)CN(C)CCn2ccc3ccccc32)cc1. The first kappa shape index (κ1) is 19.6. The summed E-state index contributed by atoms with van der Waals surface area (Å²) in [6, 6.07) is 17.6. The van der Waals surface area contributed by atoms with E-state index in [9.17, 15) is 9.59 Å². The van der Waals surface area contributed by atoms with Crippen LogP contribution < -0.4 is 10.2 Å². The van der Waals surface area contributed by atoms with Gasteiger partial charge in [0.2, 0.25) is 11.8 Å². The Morgan fingerprint density at radius 2 is 1.71 bits per heavy atom. The van der Waals surface area contributed by atoms with Crippen molar-refractivity contribution in [3.8, 4) is 0 Å². The second-order valence-electron chi connectivity index (χ2n) is 6.98. The van der Waals surface area contributed by atoms with E-state index in [1.807, 2.05) is 36.2 Å². The predicted molar refractivity (Wildman–Crippen MR) is 114 cm³/mol. The molecule has 6 nitrogen and oxygen atoms in total. The summed E-state index contributed by atoms with van der Waals surface area (Å²) in [5.41, 5.74) is 2.72. The fourth-order valence-electron chi connectivity index (χ4n) is 3.09. The summed E-state index contributed by atoms with van der Waals surface area (Å²) in [5, 5.41) is 4.12. The Balaban J connectivity index is 1.49. The lowest BCUT2D eigenvalue weighted by atomic mass is 10.2. The average molecular weight is 378 g/mol. The molecule has 2 aromatic carbocycles. The number of anilines is 2. The standard InChI is InChI=1S/C22H26N4O2/c1-17(27)25(3)20-10-8-19(9-11-20)23-22(28)16-24(2)14-15-26-13-12-18-6-4-5-7-21(18)26/h4-13H,14-16H2,1-3H3,(H,23,28). The number of amides is 2. The van der Waals surface area contributed by atoms with Gasteiger partial charge in [-0.05, 0) is 48.8 Å². The van der Waals surface area contributed by atoms with E-state index in [1.165, 1.54) is 17.8 Å². The minimum absolute atomic E-state index is 0.0334. The van der Waals surface area contributed by atoms with Crippen LogP contribution in [0.5, 0.6) is 0 Å². The number of para-hydroxylation sites is 1. The summed E-state index contributed by atoms with van der Waals surface area (Å²) < 4.78 is 2.20. The molecule has 0 fully saturated rings. The smallest absolute Gasteiger partial charge is 0.238 e. The van der Waals surface area contributed by atoms with Gasteiger partial charge in [-0.3, -0.25) is 14.5 Å². The second-order valence-corrected chi connectivity index (χ2v) is 6.98. The van der Waals surface area contributed by atoms with Crippen molar-refractivity contribution in [3.63, 3.8) is 0 Å². The molecule has 0 saturated carbocycles. The number of benzene rings is 2. The lowest BCUT2D eigenvalue weighted by molar-refractivity contribution is -0.117. The van der Waals surface area contributed by atoms with Gasteiger partial charge >= 0.3 is 0 Å². The van der Waals surface area contributed by atoms with E-state index in [1.54, 1.807) is 24.1 Å². The van der Waals surface area contributed by atoms with Crippen molar-refractivity contribution in [1.82, 2.24) is 9.47 Å². The second kappa shape index (κ2) is 8.71. The fraction of sp³-hybridized carbons (Fsp3) is 0.273. The summed E-state index contributed by atoms with van der Waals surface area (Å²) in [5.74, 6) is -0.0959. The monoisotopic (exact) mass is 378 g/mol. The van der Waals surface area contributed by atoms with Crippen LogP contribution in [0, 0.1) is 0 Å². The van der Waals surface area contributed by atoms with E-state index in [4.69, 9.17) is 0 Å². The molecule has 0 unspecified atom stereocenters. The summed E-state index contributed by atoms with van der Waals surface area (Å²) >= 11 is 0. The molecule has 1 N–H and O–H groups in total. The minimum atomic E-state index is -0.0625. The van der Waals surface area contributed by atoms with Gasteiger partial charge in [-0.2, -0.15) is 0 Å². The molecule has 28 heavy (non-hydrogen) atoms. The molecule has 1 aromatic heterocycles. The Bertz CT molecular complexity index is 962. The zero-order valence-electron chi connectivity index (χ0n) is 16.6. The Morgan fingerprint density at radius 3 is 2.43 bits per heavy atom. The summed E-state index contributed by atoms with van der Waals surface area (Å²) in [6.07, 6.45) is 2.08. The lowest BCUT2D eigenvalue weighted by Crippen LogP contribution is -2.32. The first-order valence-electron chi connectivity index (χ1n) is 9.30. The molecule has 0 radical (unpaired) electrons. The number of carbonyl (C=O) groups excluding carboxylic acids is 2. The first-order valence-corrected chi connectivity index (χ1v) is 9.30. The Hall–Kier alpha value is -3.12. The van der Waals surface area contributed by atoms with Gasteiger partial charge in [0.1, 0.15) is 0 Å². The van der Waals surface area contributed by atoms with E-state index in [2.05, 4.69) is 34.3 Å². The number of carbonyl (C=O) groups is 2. The van der Waals surface area contributed by atoms with Crippen molar-refractivity contribution in [2.45, 2.75) is 13.5 Å². The first-order chi connectivity index (χ1) is 13.4. The third-order valence-electron chi connectivity index (χ3n) is 4.83. The maximum absolute atomic E-state index is 12.3. The highest BCUT2D eigenvalue weighted by atomic mass is 16.2. The highest BCUT2D eigenvalue weighted by Gasteiger charge is 2.09. The molecule has 0 spiro atoms. The Labute approximate surface area is 165 Å². The molecule has 0 aliphatic carbocycles. The predicted octanol–water partition coefficient (Wildman–Crippen LogP) is 3.19. The van der Waals surface area contributed by atoms with Crippen molar-refractivity contribution in [3.05, 3.63) is 60.8 Å². The topological polar surface area (TPSA) is 57.6 Å². The normalized spacial score (nSPS) is 11.0. The van der Waals surface area contributed by atoms with Crippen LogP contribution >= 0.6 is 0 Å². The maximum atomic E-state index is 12.3. The molecule has 2 amide bonds. The molecule has 0 aliphatic rings. The number of rotatable bonds is 7. The molecule has 1 heterocycles. The Morgan fingerprint density at radius 1 is 1.00 bits per heavy atom. The average Bonchev–Trinajstić information content (AvgIpc) is 3.09. The highest BCUT2D eigenvalue weighted by Crippen LogP contribution is 2.17. The van der Waals surface area contributed by atoms with Crippen LogP contribution in [0.15, 0.2) is 60.8 Å². The molecule has 0 saturated heterocycles.